The number of hydrogen-bond acceptors (Lipinski definition) is 7. The first kappa shape index (κ1) is 25.2. The molecule has 0 bridgehead atoms. The quantitative estimate of drug-likeness (QED) is 0.391. The molecule has 0 aliphatic heterocycles. The van der Waals surface area contributed by atoms with Crippen molar-refractivity contribution < 1.29 is 4.43 Å². The van der Waals surface area contributed by atoms with Gasteiger partial charge in [-0.1, -0.05) is 26.8 Å². The first-order valence-corrected chi connectivity index (χ1v) is 15.3. The topological polar surface area (TPSA) is 109 Å². The summed E-state index contributed by atoms with van der Waals surface area (Å²) in [7, 11) is -1.83. The summed E-state index contributed by atoms with van der Waals surface area (Å²) in [6.45, 7) is 11.3. The van der Waals surface area contributed by atoms with Crippen LogP contribution < -0.4 is 5.73 Å². The highest BCUT2D eigenvalue weighted by Crippen LogP contribution is 2.44. The number of hydrogen-bond donors (Lipinski definition) is 1. The molecule has 1 fully saturated rings. The highest BCUT2D eigenvalue weighted by molar-refractivity contribution is 7.98. The summed E-state index contributed by atoms with van der Waals surface area (Å²) >= 11 is 1.47. The maximum absolute atomic E-state index is 10.0. The smallest absolute Gasteiger partial charge is 0.192 e. The van der Waals surface area contributed by atoms with Crippen molar-refractivity contribution in [2.75, 3.05) is 5.73 Å². The molecule has 2 aromatic heterocycles. The second-order valence-corrected chi connectivity index (χ2v) is 15.9. The summed E-state index contributed by atoms with van der Waals surface area (Å²) in [6, 6.07) is 8.44. The standard InChI is InChI=1S/C25H33N5OSSi/c1-25(2,3)33(4,5)31-19-10-8-18(9-11-19)22-20(13-26)23(28)30-24(21(22)14-27)32-16-17-7-6-12-29-15-17/h6-7,12,15,18-19H,8-11,16H2,1-5H3,(H2,28,30). The average molecular weight is 480 g/mol. The van der Waals surface area contributed by atoms with Crippen LogP contribution in [0.5, 0.6) is 0 Å². The zero-order valence-corrected chi connectivity index (χ0v) is 22.0. The number of aromatic nitrogens is 2. The second-order valence-electron chi connectivity index (χ2n) is 10.2. The monoisotopic (exact) mass is 479 g/mol. The summed E-state index contributed by atoms with van der Waals surface area (Å²) in [5.74, 6) is 0.948. The van der Waals surface area contributed by atoms with Crippen LogP contribution in [-0.2, 0) is 10.2 Å². The van der Waals surface area contributed by atoms with Crippen molar-refractivity contribution in [2.24, 2.45) is 0 Å². The molecule has 0 unspecified atom stereocenters. The Kier molecular flexibility index (Phi) is 7.84. The van der Waals surface area contributed by atoms with E-state index in [0.717, 1.165) is 36.8 Å². The molecular weight excluding hydrogens is 446 g/mol. The lowest BCUT2D eigenvalue weighted by atomic mass is 9.79. The fourth-order valence-corrected chi connectivity index (χ4v) is 6.40. The third-order valence-corrected chi connectivity index (χ3v) is 12.5. The van der Waals surface area contributed by atoms with E-state index >= 15 is 0 Å². The molecule has 0 atom stereocenters. The van der Waals surface area contributed by atoms with Crippen molar-refractivity contribution in [2.45, 2.75) is 87.4 Å². The number of rotatable bonds is 6. The Morgan fingerprint density at radius 1 is 1.15 bits per heavy atom. The molecule has 0 spiro atoms. The molecule has 33 heavy (non-hydrogen) atoms. The van der Waals surface area contributed by atoms with Crippen molar-refractivity contribution in [3.63, 3.8) is 0 Å². The van der Waals surface area contributed by atoms with Crippen LogP contribution in [0.2, 0.25) is 18.1 Å². The summed E-state index contributed by atoms with van der Waals surface area (Å²) < 4.78 is 6.64. The zero-order valence-electron chi connectivity index (χ0n) is 20.2. The van der Waals surface area contributed by atoms with Gasteiger partial charge in [-0.2, -0.15) is 10.5 Å². The zero-order chi connectivity index (χ0) is 24.2. The Morgan fingerprint density at radius 2 is 1.82 bits per heavy atom. The normalized spacial score (nSPS) is 19.0. The van der Waals surface area contributed by atoms with Gasteiger partial charge in [0.1, 0.15) is 23.0 Å². The third kappa shape index (κ3) is 5.76. The van der Waals surface area contributed by atoms with E-state index in [2.05, 4.69) is 56.0 Å². The summed E-state index contributed by atoms with van der Waals surface area (Å²) in [5.41, 5.74) is 8.86. The Hall–Kier alpha value is -2.39. The molecule has 8 heteroatoms. The molecule has 2 heterocycles. The van der Waals surface area contributed by atoms with E-state index in [1.807, 2.05) is 12.1 Å². The summed E-state index contributed by atoms with van der Waals surface area (Å²) in [6.07, 6.45) is 7.36. The maximum atomic E-state index is 10.0. The Balaban J connectivity index is 1.83. The van der Waals surface area contributed by atoms with Gasteiger partial charge in [0.05, 0.1) is 11.1 Å². The highest BCUT2D eigenvalue weighted by Gasteiger charge is 2.40. The number of thioether (sulfide) groups is 1. The summed E-state index contributed by atoms with van der Waals surface area (Å²) in [5, 5.41) is 20.6. The van der Waals surface area contributed by atoms with Crippen molar-refractivity contribution in [3.8, 4) is 12.1 Å². The number of pyridine rings is 2. The Morgan fingerprint density at radius 3 is 2.36 bits per heavy atom. The van der Waals surface area contributed by atoms with Crippen LogP contribution in [-0.4, -0.2) is 24.4 Å². The van der Waals surface area contributed by atoms with Crippen LogP contribution in [0.15, 0.2) is 29.6 Å². The second kappa shape index (κ2) is 10.3. The van der Waals surface area contributed by atoms with E-state index in [1.54, 1.807) is 12.4 Å². The van der Waals surface area contributed by atoms with Crippen molar-refractivity contribution in [1.82, 2.24) is 9.97 Å². The highest BCUT2D eigenvalue weighted by atomic mass is 32.2. The van der Waals surface area contributed by atoms with Gasteiger partial charge in [-0.25, -0.2) is 4.98 Å². The lowest BCUT2D eigenvalue weighted by Gasteiger charge is -2.41. The fourth-order valence-electron chi connectivity index (χ4n) is 4.04. The van der Waals surface area contributed by atoms with Crippen molar-refractivity contribution in [1.29, 1.82) is 10.5 Å². The number of nitrogen functional groups attached to an aromatic ring is 1. The minimum absolute atomic E-state index is 0.108. The van der Waals surface area contributed by atoms with Gasteiger partial charge < -0.3 is 10.2 Å². The maximum Gasteiger partial charge on any atom is 0.192 e. The van der Waals surface area contributed by atoms with Gasteiger partial charge in [0.25, 0.3) is 0 Å². The molecule has 2 aromatic rings. The molecule has 2 N–H and O–H groups in total. The molecular formula is C25H33N5OSSi. The van der Waals surface area contributed by atoms with Crippen LogP contribution in [0.3, 0.4) is 0 Å². The number of nitrogens with zero attached hydrogens (tertiary/aromatic N) is 4. The molecule has 3 rings (SSSR count). The van der Waals surface area contributed by atoms with Gasteiger partial charge in [-0.15, -0.1) is 11.8 Å². The molecule has 6 nitrogen and oxygen atoms in total. The van der Waals surface area contributed by atoms with Crippen molar-refractivity contribution >= 4 is 25.9 Å². The summed E-state index contributed by atoms with van der Waals surface area (Å²) in [4.78, 5) is 8.58. The Labute approximate surface area is 202 Å². The number of nitrogens with two attached hydrogens (primary N) is 1. The number of nitriles is 2. The fraction of sp³-hybridized carbons (Fsp3) is 0.520. The SMILES string of the molecule is CC(C)(C)[Si](C)(C)OC1CCC(c2c(C#N)c(N)nc(SCc3cccnc3)c2C#N)CC1. The first-order chi connectivity index (χ1) is 15.6. The van der Waals surface area contributed by atoms with Gasteiger partial charge >= 0.3 is 0 Å². The van der Waals surface area contributed by atoms with Crippen LogP contribution >= 0.6 is 11.8 Å². The lowest BCUT2D eigenvalue weighted by Crippen LogP contribution is -2.44. The van der Waals surface area contributed by atoms with Gasteiger partial charge in [0, 0.05) is 24.3 Å². The van der Waals surface area contributed by atoms with Gasteiger partial charge in [0.15, 0.2) is 8.32 Å². The predicted molar refractivity (Wildman–Crippen MR) is 135 cm³/mol. The third-order valence-electron chi connectivity index (χ3n) is 6.90. The molecule has 0 aromatic carbocycles. The van der Waals surface area contributed by atoms with Crippen molar-refractivity contribution in [3.05, 3.63) is 46.8 Å². The molecule has 174 valence electrons. The molecule has 0 amide bonds. The van der Waals surface area contributed by atoms with E-state index in [9.17, 15) is 10.5 Å². The Bertz CT molecular complexity index is 1060. The van der Waals surface area contributed by atoms with E-state index in [1.165, 1.54) is 11.8 Å². The lowest BCUT2D eigenvalue weighted by molar-refractivity contribution is 0.130. The molecule has 0 saturated heterocycles. The first-order valence-electron chi connectivity index (χ1n) is 11.4. The molecule has 0 radical (unpaired) electrons. The molecule has 1 saturated carbocycles. The van der Waals surface area contributed by atoms with Crippen LogP contribution in [0.4, 0.5) is 5.82 Å². The van der Waals surface area contributed by atoms with Gasteiger partial charge in [-0.3, -0.25) is 4.98 Å². The minimum Gasteiger partial charge on any atom is -0.414 e. The van der Waals surface area contributed by atoms with E-state index in [4.69, 9.17) is 10.2 Å². The van der Waals surface area contributed by atoms with E-state index in [-0.39, 0.29) is 22.9 Å². The molecule has 1 aliphatic carbocycles. The predicted octanol–water partition coefficient (Wildman–Crippen LogP) is 6.14. The minimum atomic E-state index is -1.83. The van der Waals surface area contributed by atoms with E-state index < -0.39 is 8.32 Å². The van der Waals surface area contributed by atoms with Crippen LogP contribution in [0.25, 0.3) is 0 Å². The molecule has 1 aliphatic rings. The largest absolute Gasteiger partial charge is 0.414 e. The van der Waals surface area contributed by atoms with E-state index in [0.29, 0.717) is 21.9 Å². The van der Waals surface area contributed by atoms with Gasteiger partial charge in [-0.05, 0) is 66.9 Å². The number of anilines is 1. The van der Waals surface area contributed by atoms with Crippen LogP contribution in [0, 0.1) is 22.7 Å². The van der Waals surface area contributed by atoms with Gasteiger partial charge in [0.2, 0.25) is 0 Å². The average Bonchev–Trinajstić information content (AvgIpc) is 2.77. The van der Waals surface area contributed by atoms with Crippen LogP contribution in [0.1, 0.15) is 74.6 Å².